The third-order valence-corrected chi connectivity index (χ3v) is 1.75. The zero-order chi connectivity index (χ0) is 14.0. The summed E-state index contributed by atoms with van der Waals surface area (Å²) in [6.45, 7) is 0. The Morgan fingerprint density at radius 2 is 0.706 bits per heavy atom. The molecule has 108 valence electrons. The van der Waals surface area contributed by atoms with Crippen LogP contribution in [0, 0.1) is 0 Å². The molecule has 0 atom stereocenters. The van der Waals surface area contributed by atoms with Crippen molar-refractivity contribution in [2.75, 3.05) is 0 Å². The first-order chi connectivity index (χ1) is 6.50. The molecule has 0 radical (unpaired) electrons. The molecular weight excluding hydrogens is 312 g/mol. The average Bonchev–Trinajstić information content (AvgIpc) is 1.77. The Kier molecular flexibility index (Phi) is 7.38. The number of hydrogen-bond donors (Lipinski definition) is 3. The molecule has 0 aliphatic heterocycles. The highest BCUT2D eigenvalue weighted by Crippen LogP contribution is 2.21. The summed E-state index contributed by atoms with van der Waals surface area (Å²) in [4.78, 5) is 0. The van der Waals surface area contributed by atoms with Crippen LogP contribution in [0.25, 0.3) is 0 Å². The minimum absolute atomic E-state index is 0. The van der Waals surface area contributed by atoms with Gasteiger partial charge in [-0.05, 0) is 0 Å². The predicted molar refractivity (Wildman–Crippen MR) is 40.2 cm³/mol. The third-order valence-electron chi connectivity index (χ3n) is 0.585. The zero-order valence-corrected chi connectivity index (χ0v) is 8.95. The molecule has 0 aromatic carbocycles. The van der Waals surface area contributed by atoms with Gasteiger partial charge in [-0.3, -0.25) is 9.11 Å². The van der Waals surface area contributed by atoms with Crippen LogP contribution < -0.4 is 6.15 Å². The SMILES string of the molecule is N.O=S(=O)(O)C(F)(F)F.O=S(=O)(O)C(F)(F)F. The van der Waals surface area contributed by atoms with E-state index >= 15 is 0 Å². The van der Waals surface area contributed by atoms with Gasteiger partial charge in [-0.1, -0.05) is 0 Å². The average molecular weight is 317 g/mol. The Bertz CT molecular complexity index is 374. The summed E-state index contributed by atoms with van der Waals surface area (Å²) in [5.74, 6) is 0. The van der Waals surface area contributed by atoms with Crippen molar-refractivity contribution in [2.45, 2.75) is 11.0 Å². The van der Waals surface area contributed by atoms with E-state index in [4.69, 9.17) is 25.9 Å². The highest BCUT2D eigenvalue weighted by molar-refractivity contribution is 7.86. The Morgan fingerprint density at radius 3 is 0.706 bits per heavy atom. The van der Waals surface area contributed by atoms with Crippen LogP contribution in [0.1, 0.15) is 0 Å². The van der Waals surface area contributed by atoms with Crippen molar-refractivity contribution in [3.05, 3.63) is 0 Å². The summed E-state index contributed by atoms with van der Waals surface area (Å²) in [6, 6.07) is 0. The van der Waals surface area contributed by atoms with Gasteiger partial charge in [0.05, 0.1) is 0 Å². The van der Waals surface area contributed by atoms with Gasteiger partial charge in [0.1, 0.15) is 0 Å². The van der Waals surface area contributed by atoms with Crippen molar-refractivity contribution < 1.29 is 52.3 Å². The van der Waals surface area contributed by atoms with Gasteiger partial charge in [0.15, 0.2) is 0 Å². The molecule has 7 nitrogen and oxygen atoms in total. The van der Waals surface area contributed by atoms with Crippen molar-refractivity contribution in [3.8, 4) is 0 Å². The van der Waals surface area contributed by atoms with Crippen LogP contribution in [0.2, 0.25) is 0 Å². The molecule has 0 heterocycles. The van der Waals surface area contributed by atoms with Gasteiger partial charge in [0.25, 0.3) is 0 Å². The van der Waals surface area contributed by atoms with E-state index in [1.165, 1.54) is 0 Å². The smallest absolute Gasteiger partial charge is 0.344 e. The van der Waals surface area contributed by atoms with E-state index in [2.05, 4.69) is 0 Å². The minimum atomic E-state index is -5.84. The summed E-state index contributed by atoms with van der Waals surface area (Å²) in [5, 5.41) is 0. The molecule has 0 aromatic heterocycles. The number of rotatable bonds is 0. The normalized spacial score (nSPS) is 13.2. The molecule has 0 saturated heterocycles. The Hall–Kier alpha value is -0.640. The molecule has 0 aliphatic rings. The lowest BCUT2D eigenvalue weighted by Crippen LogP contribution is -2.21. The van der Waals surface area contributed by atoms with E-state index in [-0.39, 0.29) is 6.15 Å². The lowest BCUT2D eigenvalue weighted by molar-refractivity contribution is -0.0514. The fourth-order valence-electron chi connectivity index (χ4n) is 0. The summed E-state index contributed by atoms with van der Waals surface area (Å²) in [5.41, 5.74) is -11.1. The minimum Gasteiger partial charge on any atom is -0.344 e. The molecular formula is C2H5F6NO6S2. The zero-order valence-electron chi connectivity index (χ0n) is 7.32. The highest BCUT2D eigenvalue weighted by Gasteiger charge is 2.45. The van der Waals surface area contributed by atoms with Gasteiger partial charge in [-0.2, -0.15) is 43.2 Å². The van der Waals surface area contributed by atoms with Crippen LogP contribution in [-0.4, -0.2) is 37.0 Å². The first kappa shape index (κ1) is 21.6. The summed E-state index contributed by atoms with van der Waals surface area (Å²) < 4.78 is 115. The van der Waals surface area contributed by atoms with Crippen molar-refractivity contribution in [1.82, 2.24) is 6.15 Å². The molecule has 5 N–H and O–H groups in total. The molecule has 17 heavy (non-hydrogen) atoms. The Labute approximate surface area is 90.5 Å². The van der Waals surface area contributed by atoms with Crippen LogP contribution in [-0.2, 0) is 20.2 Å². The maximum atomic E-state index is 10.7. The van der Waals surface area contributed by atoms with Gasteiger partial charge >= 0.3 is 31.3 Å². The predicted octanol–water partition coefficient (Wildman–Crippen LogP) is 0.950. The van der Waals surface area contributed by atoms with Crippen LogP contribution in [0.5, 0.6) is 0 Å². The monoisotopic (exact) mass is 317 g/mol. The molecule has 0 rings (SSSR count). The van der Waals surface area contributed by atoms with E-state index in [1.807, 2.05) is 0 Å². The summed E-state index contributed by atoms with van der Waals surface area (Å²) in [6.07, 6.45) is 0. The molecule has 0 fully saturated rings. The van der Waals surface area contributed by atoms with Crippen molar-refractivity contribution in [2.24, 2.45) is 0 Å². The largest absolute Gasteiger partial charge is 0.522 e. The second-order valence-corrected chi connectivity index (χ2v) is 4.67. The van der Waals surface area contributed by atoms with Gasteiger partial charge in [-0.25, -0.2) is 0 Å². The van der Waals surface area contributed by atoms with Crippen LogP contribution in [0.4, 0.5) is 26.3 Å². The lowest BCUT2D eigenvalue weighted by atomic mass is 11.6. The topological polar surface area (TPSA) is 144 Å². The van der Waals surface area contributed by atoms with E-state index in [1.54, 1.807) is 0 Å². The molecule has 0 amide bonds. The van der Waals surface area contributed by atoms with Crippen molar-refractivity contribution in [3.63, 3.8) is 0 Å². The maximum absolute atomic E-state index is 10.7. The van der Waals surface area contributed by atoms with Gasteiger partial charge in [0, 0.05) is 0 Å². The molecule has 0 aliphatic carbocycles. The fourth-order valence-corrected chi connectivity index (χ4v) is 0. The Balaban J connectivity index is -0.000000218. The molecule has 0 unspecified atom stereocenters. The molecule has 0 bridgehead atoms. The van der Waals surface area contributed by atoms with E-state index in [9.17, 15) is 26.3 Å². The molecule has 0 aromatic rings. The van der Waals surface area contributed by atoms with Crippen molar-refractivity contribution >= 4 is 20.2 Å². The standard InChI is InChI=1S/2CHF3O3S.H3N/c2*2-1(3,4)8(5,6)7;/h2*(H,5,6,7);1H3. The summed E-state index contributed by atoms with van der Waals surface area (Å²) in [7, 11) is -11.7. The second kappa shape index (κ2) is 5.80. The van der Waals surface area contributed by atoms with Gasteiger partial charge < -0.3 is 6.15 Å². The number of alkyl halides is 6. The van der Waals surface area contributed by atoms with E-state index in [0.29, 0.717) is 0 Å². The first-order valence-corrected chi connectivity index (χ1v) is 5.45. The molecule has 0 spiro atoms. The maximum Gasteiger partial charge on any atom is 0.522 e. The van der Waals surface area contributed by atoms with Crippen LogP contribution >= 0.6 is 0 Å². The van der Waals surface area contributed by atoms with Crippen molar-refractivity contribution in [1.29, 1.82) is 0 Å². The lowest BCUT2D eigenvalue weighted by Gasteiger charge is -1.97. The molecule has 0 saturated carbocycles. The van der Waals surface area contributed by atoms with E-state index in [0.717, 1.165) is 0 Å². The first-order valence-electron chi connectivity index (χ1n) is 2.57. The van der Waals surface area contributed by atoms with Crippen LogP contribution in [0.3, 0.4) is 0 Å². The summed E-state index contributed by atoms with van der Waals surface area (Å²) >= 11 is 0. The second-order valence-electron chi connectivity index (χ2n) is 1.84. The van der Waals surface area contributed by atoms with Crippen LogP contribution in [0.15, 0.2) is 0 Å². The molecule has 15 heteroatoms. The van der Waals surface area contributed by atoms with Gasteiger partial charge in [0.2, 0.25) is 0 Å². The highest BCUT2D eigenvalue weighted by atomic mass is 32.2. The fraction of sp³-hybridized carbons (Fsp3) is 1.00. The third kappa shape index (κ3) is 9.10. The Morgan fingerprint density at radius 1 is 0.647 bits per heavy atom. The number of hydrogen-bond acceptors (Lipinski definition) is 5. The van der Waals surface area contributed by atoms with Gasteiger partial charge in [-0.15, -0.1) is 0 Å². The number of halogens is 6. The van der Waals surface area contributed by atoms with E-state index < -0.39 is 31.3 Å². The quantitative estimate of drug-likeness (QED) is 0.343.